The number of rotatable bonds is 8. The van der Waals surface area contributed by atoms with Crippen molar-refractivity contribution in [3.8, 4) is 22.3 Å². The fourth-order valence-electron chi connectivity index (χ4n) is 13.4. The molecule has 80 heavy (non-hydrogen) atoms. The molecule has 2 heterocycles. The molecule has 0 N–H and O–H groups in total. The lowest BCUT2D eigenvalue weighted by molar-refractivity contribution is 1.23. The third-order valence-electron chi connectivity index (χ3n) is 16.9. The van der Waals surface area contributed by atoms with Crippen LogP contribution in [-0.2, 0) is 0 Å². The van der Waals surface area contributed by atoms with E-state index in [4.69, 9.17) is 0 Å². The Bertz CT molecular complexity index is 4810. The van der Waals surface area contributed by atoms with Gasteiger partial charge in [0.2, 0.25) is 0 Å². The standard InChI is InChI=1S/C76H52N2S2/c1-45-37-55(59-25-15-27-61-65-41-51-17-11-13-19-53(51)43-69(65)79-75(59)61)38-46(2)73(45)77(57-21-7-5-8-22-57)67-35-31-49-30-34-64-68(36-32-50-29-33-63(67)71(49)72(50)64)78(58-23-9-6-10-24-58)74-47(3)39-56(40-48(74)4)60-26-16-28-62-66-42-52-18-12-14-20-54(52)44-70(66)80-76(60)62/h5-44H,1-4H3. The van der Waals surface area contributed by atoms with Crippen LogP contribution >= 0.6 is 22.7 Å². The van der Waals surface area contributed by atoms with Crippen molar-refractivity contribution < 1.29 is 0 Å². The molecule has 378 valence electrons. The Hall–Kier alpha value is -9.32. The summed E-state index contributed by atoms with van der Waals surface area (Å²) in [4.78, 5) is 5.03. The third-order valence-corrected chi connectivity index (χ3v) is 19.3. The van der Waals surface area contributed by atoms with Crippen molar-refractivity contribution in [2.24, 2.45) is 0 Å². The highest BCUT2D eigenvalue weighted by Gasteiger charge is 2.26. The number of hydrogen-bond acceptors (Lipinski definition) is 4. The van der Waals surface area contributed by atoms with E-state index in [1.54, 1.807) is 0 Å². The van der Waals surface area contributed by atoms with E-state index in [9.17, 15) is 0 Å². The van der Waals surface area contributed by atoms with Crippen LogP contribution in [0.5, 0.6) is 0 Å². The summed E-state index contributed by atoms with van der Waals surface area (Å²) in [5.74, 6) is 0. The largest absolute Gasteiger partial charge is 0.309 e. The minimum Gasteiger partial charge on any atom is -0.309 e. The van der Waals surface area contributed by atoms with Crippen LogP contribution in [0.4, 0.5) is 34.1 Å². The first kappa shape index (κ1) is 46.7. The summed E-state index contributed by atoms with van der Waals surface area (Å²) in [6.07, 6.45) is 0. The lowest BCUT2D eigenvalue weighted by Gasteiger charge is -2.32. The number of thiophene rings is 2. The molecule has 4 heteroatoms. The molecule has 0 unspecified atom stereocenters. The summed E-state index contributed by atoms with van der Waals surface area (Å²) in [7, 11) is 0. The normalized spacial score (nSPS) is 12.0. The molecule has 0 aliphatic heterocycles. The Labute approximate surface area is 472 Å². The quantitative estimate of drug-likeness (QED) is 0.140. The molecule has 0 atom stereocenters. The molecule has 14 aromatic carbocycles. The van der Waals surface area contributed by atoms with Crippen molar-refractivity contribution >= 4 is 151 Å². The summed E-state index contributed by atoms with van der Waals surface area (Å²) in [6.45, 7) is 9.18. The van der Waals surface area contributed by atoms with E-state index < -0.39 is 0 Å². The second-order valence-electron chi connectivity index (χ2n) is 21.8. The van der Waals surface area contributed by atoms with Crippen LogP contribution in [0.25, 0.3) is 116 Å². The molecule has 0 fully saturated rings. The maximum absolute atomic E-state index is 2.51. The summed E-state index contributed by atoms with van der Waals surface area (Å²) in [6, 6.07) is 90.9. The average molecular weight is 1060 g/mol. The highest BCUT2D eigenvalue weighted by atomic mass is 32.1. The van der Waals surface area contributed by atoms with Crippen LogP contribution in [0.2, 0.25) is 0 Å². The molecule has 0 saturated carbocycles. The van der Waals surface area contributed by atoms with Crippen molar-refractivity contribution in [3.05, 3.63) is 265 Å². The van der Waals surface area contributed by atoms with Crippen LogP contribution in [-0.4, -0.2) is 0 Å². The van der Waals surface area contributed by atoms with Crippen LogP contribution in [0, 0.1) is 27.7 Å². The van der Waals surface area contributed by atoms with E-state index in [2.05, 4.69) is 280 Å². The fourth-order valence-corrected chi connectivity index (χ4v) is 16.0. The van der Waals surface area contributed by atoms with Crippen LogP contribution in [0.3, 0.4) is 0 Å². The molecular formula is C76H52N2S2. The Kier molecular flexibility index (Phi) is 10.6. The monoisotopic (exact) mass is 1060 g/mol. The Balaban J connectivity index is 0.844. The second-order valence-corrected chi connectivity index (χ2v) is 23.9. The van der Waals surface area contributed by atoms with Gasteiger partial charge in [-0.2, -0.15) is 0 Å². The maximum Gasteiger partial charge on any atom is 0.0540 e. The molecule has 0 aliphatic carbocycles. The Morgan fingerprint density at radius 1 is 0.275 bits per heavy atom. The van der Waals surface area contributed by atoms with Crippen molar-refractivity contribution in [2.75, 3.05) is 9.80 Å². The van der Waals surface area contributed by atoms with Crippen LogP contribution < -0.4 is 9.80 Å². The minimum absolute atomic E-state index is 1.13. The molecule has 16 rings (SSSR count). The first-order valence-corrected chi connectivity index (χ1v) is 29.3. The first-order valence-electron chi connectivity index (χ1n) is 27.6. The van der Waals surface area contributed by atoms with Gasteiger partial charge in [0.1, 0.15) is 0 Å². The topological polar surface area (TPSA) is 6.48 Å². The van der Waals surface area contributed by atoms with Gasteiger partial charge < -0.3 is 9.80 Å². The van der Waals surface area contributed by atoms with E-state index in [-0.39, 0.29) is 0 Å². The van der Waals surface area contributed by atoms with Gasteiger partial charge >= 0.3 is 0 Å². The number of aryl methyl sites for hydroxylation is 4. The van der Waals surface area contributed by atoms with Crippen LogP contribution in [0.1, 0.15) is 22.3 Å². The number of fused-ring (bicyclic) bond motifs is 8. The fraction of sp³-hybridized carbons (Fsp3) is 0.0526. The zero-order valence-electron chi connectivity index (χ0n) is 44.8. The van der Waals surface area contributed by atoms with Gasteiger partial charge in [-0.05, 0) is 200 Å². The van der Waals surface area contributed by atoms with Crippen molar-refractivity contribution in [3.63, 3.8) is 0 Å². The number of para-hydroxylation sites is 2. The second kappa shape index (κ2) is 18.1. The van der Waals surface area contributed by atoms with Gasteiger partial charge in [-0.3, -0.25) is 0 Å². The van der Waals surface area contributed by atoms with Crippen molar-refractivity contribution in [1.82, 2.24) is 0 Å². The molecule has 2 nitrogen and oxygen atoms in total. The minimum atomic E-state index is 1.13. The Morgan fingerprint density at radius 3 is 1.04 bits per heavy atom. The number of hydrogen-bond donors (Lipinski definition) is 0. The van der Waals surface area contributed by atoms with E-state index in [0.717, 1.165) is 22.7 Å². The van der Waals surface area contributed by atoms with E-state index in [1.165, 1.54) is 150 Å². The molecule has 2 aromatic heterocycles. The maximum atomic E-state index is 2.51. The number of benzene rings is 14. The van der Waals surface area contributed by atoms with Gasteiger partial charge in [0.05, 0.1) is 22.7 Å². The SMILES string of the molecule is Cc1cc(-c2cccc3c2sc2cc4ccccc4cc23)cc(C)c1N(c1ccccc1)c1ccc2ccc3c(N(c4ccccc4)c4c(C)cc(-c5cccc6c5sc5cc7ccccc7cc56)cc4C)ccc4ccc1c2c43. The molecule has 16 aromatic rings. The smallest absolute Gasteiger partial charge is 0.0540 e. The summed E-state index contributed by atoms with van der Waals surface area (Å²) >= 11 is 3.81. The van der Waals surface area contributed by atoms with Crippen molar-refractivity contribution in [1.29, 1.82) is 0 Å². The van der Waals surface area contributed by atoms with E-state index >= 15 is 0 Å². The Morgan fingerprint density at radius 2 is 0.637 bits per heavy atom. The molecule has 0 aliphatic rings. The van der Waals surface area contributed by atoms with Gasteiger partial charge in [0.25, 0.3) is 0 Å². The van der Waals surface area contributed by atoms with Gasteiger partial charge in [0, 0.05) is 62.5 Å². The van der Waals surface area contributed by atoms with Gasteiger partial charge in [-0.1, -0.05) is 158 Å². The number of anilines is 6. The van der Waals surface area contributed by atoms with Gasteiger partial charge in [0.15, 0.2) is 0 Å². The summed E-state index contributed by atoms with van der Waals surface area (Å²) in [5.41, 5.74) is 16.9. The predicted octanol–water partition coefficient (Wildman–Crippen LogP) is 23.1. The number of nitrogens with zero attached hydrogens (tertiary/aromatic N) is 2. The van der Waals surface area contributed by atoms with Crippen LogP contribution in [0.15, 0.2) is 243 Å². The molecule has 0 saturated heterocycles. The first-order chi connectivity index (χ1) is 39.3. The highest BCUT2D eigenvalue weighted by Crippen LogP contribution is 2.51. The lowest BCUT2D eigenvalue weighted by Crippen LogP contribution is -2.14. The zero-order valence-corrected chi connectivity index (χ0v) is 46.4. The molecule has 0 radical (unpaired) electrons. The molecule has 0 bridgehead atoms. The van der Waals surface area contributed by atoms with Gasteiger partial charge in [-0.25, -0.2) is 0 Å². The summed E-state index contributed by atoms with van der Waals surface area (Å²) in [5, 5.41) is 17.9. The van der Waals surface area contributed by atoms with E-state index in [1.807, 2.05) is 22.7 Å². The van der Waals surface area contributed by atoms with E-state index in [0.29, 0.717) is 0 Å². The molecular weight excluding hydrogens is 1000 g/mol. The molecule has 0 spiro atoms. The van der Waals surface area contributed by atoms with Crippen molar-refractivity contribution in [2.45, 2.75) is 27.7 Å². The molecule has 0 amide bonds. The third kappa shape index (κ3) is 7.22. The van der Waals surface area contributed by atoms with Gasteiger partial charge in [-0.15, -0.1) is 22.7 Å². The average Bonchev–Trinajstić information content (AvgIpc) is 4.09. The highest BCUT2D eigenvalue weighted by molar-refractivity contribution is 7.26. The lowest BCUT2D eigenvalue weighted by atomic mass is 9.91. The zero-order chi connectivity index (χ0) is 53.3. The predicted molar refractivity (Wildman–Crippen MR) is 350 cm³/mol. The summed E-state index contributed by atoms with van der Waals surface area (Å²) < 4.78 is 5.31.